The van der Waals surface area contributed by atoms with Crippen molar-refractivity contribution in [1.29, 1.82) is 0 Å². The first kappa shape index (κ1) is 12.3. The van der Waals surface area contributed by atoms with Crippen LogP contribution in [0.15, 0.2) is 12.1 Å². The van der Waals surface area contributed by atoms with Gasteiger partial charge in [-0.25, -0.2) is 4.39 Å². The van der Waals surface area contributed by atoms with Gasteiger partial charge in [0, 0.05) is 0 Å². The highest BCUT2D eigenvalue weighted by Gasteiger charge is 2.17. The van der Waals surface area contributed by atoms with Crippen LogP contribution in [-0.2, 0) is 0 Å². The van der Waals surface area contributed by atoms with E-state index in [9.17, 15) is 18.0 Å². The molecule has 0 saturated heterocycles. The van der Waals surface area contributed by atoms with Gasteiger partial charge in [-0.15, -0.1) is 0 Å². The van der Waals surface area contributed by atoms with Crippen LogP contribution >= 0.6 is 22.6 Å². The van der Waals surface area contributed by atoms with E-state index in [4.69, 9.17) is 0 Å². The van der Waals surface area contributed by atoms with Crippen molar-refractivity contribution in [2.45, 2.75) is 13.5 Å². The number of Topliss-reactive ketones (excluding diaryl/α,β-unsaturated/α-hetero) is 1. The molecule has 1 aromatic rings. The fraction of sp³-hybridized carbons (Fsp3) is 0.222. The highest BCUT2D eigenvalue weighted by atomic mass is 127. The second-order valence-corrected chi connectivity index (χ2v) is 3.75. The van der Waals surface area contributed by atoms with E-state index >= 15 is 0 Å². The Kier molecular flexibility index (Phi) is 3.95. The van der Waals surface area contributed by atoms with Gasteiger partial charge in [0.15, 0.2) is 5.78 Å². The van der Waals surface area contributed by atoms with Crippen LogP contribution < -0.4 is 4.74 Å². The van der Waals surface area contributed by atoms with Crippen molar-refractivity contribution in [2.75, 3.05) is 0 Å². The number of alkyl halides is 2. The third kappa shape index (κ3) is 2.83. The summed E-state index contributed by atoms with van der Waals surface area (Å²) in [7, 11) is 0. The lowest BCUT2D eigenvalue weighted by Crippen LogP contribution is -2.07. The van der Waals surface area contributed by atoms with Crippen molar-refractivity contribution in [3.63, 3.8) is 0 Å². The molecule has 2 nitrogen and oxygen atoms in total. The molecule has 0 N–H and O–H groups in total. The van der Waals surface area contributed by atoms with Crippen LogP contribution in [0.3, 0.4) is 0 Å². The molecule has 1 rings (SSSR count). The van der Waals surface area contributed by atoms with Gasteiger partial charge in [0.1, 0.15) is 11.6 Å². The first-order chi connectivity index (χ1) is 6.93. The van der Waals surface area contributed by atoms with E-state index in [1.54, 1.807) is 22.6 Å². The van der Waals surface area contributed by atoms with Crippen LogP contribution in [0.4, 0.5) is 13.2 Å². The molecular weight excluding hydrogens is 324 g/mol. The summed E-state index contributed by atoms with van der Waals surface area (Å²) in [6, 6.07) is 1.99. The second-order valence-electron chi connectivity index (χ2n) is 2.67. The van der Waals surface area contributed by atoms with Crippen molar-refractivity contribution < 1.29 is 22.7 Å². The van der Waals surface area contributed by atoms with Gasteiger partial charge in [-0.1, -0.05) is 0 Å². The number of ether oxygens (including phenoxy) is 1. The van der Waals surface area contributed by atoms with E-state index in [2.05, 4.69) is 4.74 Å². The number of ketones is 1. The molecule has 0 amide bonds. The normalized spacial score (nSPS) is 10.5. The third-order valence-electron chi connectivity index (χ3n) is 1.62. The summed E-state index contributed by atoms with van der Waals surface area (Å²) in [6.07, 6.45) is 0. The maximum atomic E-state index is 13.1. The first-order valence-electron chi connectivity index (χ1n) is 3.87. The zero-order valence-corrected chi connectivity index (χ0v) is 9.72. The molecule has 0 aliphatic carbocycles. The zero-order chi connectivity index (χ0) is 11.6. The standard InChI is InChI=1S/C9H6F3IO2/c1-4(14)7-5(10)2-3-6(8(7)13)15-9(11)12/h2-3,9H,1H3. The molecule has 15 heavy (non-hydrogen) atoms. The Bertz CT molecular complexity index is 393. The Morgan fingerprint density at radius 3 is 2.53 bits per heavy atom. The van der Waals surface area contributed by atoms with Gasteiger partial charge in [-0.3, -0.25) is 4.79 Å². The molecule has 0 heterocycles. The number of carbonyl (C=O) groups excluding carboxylic acids is 1. The van der Waals surface area contributed by atoms with E-state index in [0.717, 1.165) is 19.1 Å². The lowest BCUT2D eigenvalue weighted by atomic mass is 10.1. The Balaban J connectivity index is 3.22. The molecule has 0 spiro atoms. The predicted molar refractivity (Wildman–Crippen MR) is 55.8 cm³/mol. The van der Waals surface area contributed by atoms with Crippen LogP contribution in [0, 0.1) is 9.39 Å². The monoisotopic (exact) mass is 330 g/mol. The Hall–Kier alpha value is -0.790. The largest absolute Gasteiger partial charge is 0.434 e. The van der Waals surface area contributed by atoms with E-state index in [-0.39, 0.29) is 14.9 Å². The van der Waals surface area contributed by atoms with Crippen molar-refractivity contribution in [3.05, 3.63) is 27.1 Å². The number of halogens is 4. The highest BCUT2D eigenvalue weighted by Crippen LogP contribution is 2.28. The van der Waals surface area contributed by atoms with Crippen LogP contribution in [0.2, 0.25) is 0 Å². The van der Waals surface area contributed by atoms with Gasteiger partial charge in [0.25, 0.3) is 0 Å². The molecule has 0 saturated carbocycles. The number of benzene rings is 1. The van der Waals surface area contributed by atoms with Crippen LogP contribution in [0.25, 0.3) is 0 Å². The average Bonchev–Trinajstić information content (AvgIpc) is 2.09. The quantitative estimate of drug-likeness (QED) is 0.628. The summed E-state index contributed by atoms with van der Waals surface area (Å²) in [5.41, 5.74) is -0.228. The minimum Gasteiger partial charge on any atom is -0.434 e. The van der Waals surface area contributed by atoms with Crippen molar-refractivity contribution in [2.24, 2.45) is 0 Å². The van der Waals surface area contributed by atoms with E-state index in [1.807, 2.05) is 0 Å². The third-order valence-corrected chi connectivity index (χ3v) is 2.69. The summed E-state index contributed by atoms with van der Waals surface area (Å²) in [6.45, 7) is -1.84. The van der Waals surface area contributed by atoms with Gasteiger partial charge in [-0.2, -0.15) is 8.78 Å². The van der Waals surface area contributed by atoms with Gasteiger partial charge < -0.3 is 4.74 Å². The number of hydrogen-bond donors (Lipinski definition) is 0. The first-order valence-corrected chi connectivity index (χ1v) is 4.95. The number of rotatable bonds is 3. The molecule has 0 fully saturated rings. The lowest BCUT2D eigenvalue weighted by Gasteiger charge is -2.09. The van der Waals surface area contributed by atoms with E-state index in [1.165, 1.54) is 0 Å². The van der Waals surface area contributed by atoms with Crippen LogP contribution in [0.1, 0.15) is 17.3 Å². The van der Waals surface area contributed by atoms with Crippen molar-refractivity contribution in [3.8, 4) is 5.75 Å². The Labute approximate surface area is 97.6 Å². The highest BCUT2D eigenvalue weighted by molar-refractivity contribution is 14.1. The summed E-state index contributed by atoms with van der Waals surface area (Å²) >= 11 is 1.60. The molecule has 0 aliphatic rings. The van der Waals surface area contributed by atoms with E-state index < -0.39 is 18.2 Å². The Morgan fingerprint density at radius 2 is 2.07 bits per heavy atom. The van der Waals surface area contributed by atoms with Gasteiger partial charge in [0.2, 0.25) is 0 Å². The lowest BCUT2D eigenvalue weighted by molar-refractivity contribution is -0.0505. The average molecular weight is 330 g/mol. The smallest absolute Gasteiger partial charge is 0.387 e. The molecule has 0 aromatic heterocycles. The SMILES string of the molecule is CC(=O)c1c(F)ccc(OC(F)F)c1I. The van der Waals surface area contributed by atoms with Gasteiger partial charge in [0.05, 0.1) is 9.13 Å². The summed E-state index contributed by atoms with van der Waals surface area (Å²) in [5, 5.41) is 0. The van der Waals surface area contributed by atoms with Crippen molar-refractivity contribution >= 4 is 28.4 Å². The second kappa shape index (κ2) is 4.82. The molecule has 0 aliphatic heterocycles. The molecule has 0 unspecified atom stereocenters. The van der Waals surface area contributed by atoms with Crippen LogP contribution in [-0.4, -0.2) is 12.4 Å². The summed E-state index contributed by atoms with van der Waals surface area (Å²) in [5.74, 6) is -1.47. The molecule has 1 aromatic carbocycles. The summed E-state index contributed by atoms with van der Waals surface area (Å²) < 4.78 is 41.2. The number of carbonyl (C=O) groups is 1. The molecule has 0 radical (unpaired) electrons. The molecule has 0 bridgehead atoms. The van der Waals surface area contributed by atoms with Gasteiger partial charge in [-0.05, 0) is 41.6 Å². The van der Waals surface area contributed by atoms with Crippen LogP contribution in [0.5, 0.6) is 5.75 Å². The molecule has 82 valence electrons. The summed E-state index contributed by atoms with van der Waals surface area (Å²) in [4.78, 5) is 11.0. The number of hydrogen-bond acceptors (Lipinski definition) is 2. The fourth-order valence-corrected chi connectivity index (χ4v) is 1.99. The van der Waals surface area contributed by atoms with E-state index in [0.29, 0.717) is 0 Å². The predicted octanol–water partition coefficient (Wildman–Crippen LogP) is 3.23. The fourth-order valence-electron chi connectivity index (χ4n) is 1.04. The maximum Gasteiger partial charge on any atom is 0.387 e. The molecule has 0 atom stereocenters. The molecular formula is C9H6F3IO2. The van der Waals surface area contributed by atoms with Crippen molar-refractivity contribution in [1.82, 2.24) is 0 Å². The maximum absolute atomic E-state index is 13.1. The Morgan fingerprint density at radius 1 is 1.47 bits per heavy atom. The zero-order valence-electron chi connectivity index (χ0n) is 7.56. The topological polar surface area (TPSA) is 26.3 Å². The van der Waals surface area contributed by atoms with Gasteiger partial charge >= 0.3 is 6.61 Å². The minimum absolute atomic E-state index is 0.0559. The minimum atomic E-state index is -3.00. The molecule has 6 heteroatoms.